The Morgan fingerprint density at radius 1 is 1.16 bits per heavy atom. The Bertz CT molecular complexity index is 1260. The van der Waals surface area contributed by atoms with Gasteiger partial charge < -0.3 is 20.1 Å². The highest BCUT2D eigenvalue weighted by molar-refractivity contribution is 6.31. The molecule has 0 spiro atoms. The minimum atomic E-state index is -0.833. The zero-order valence-corrected chi connectivity index (χ0v) is 20.8. The van der Waals surface area contributed by atoms with E-state index in [0.717, 1.165) is 18.2 Å². The number of carbonyl (C=O) groups is 1. The minimum Gasteiger partial charge on any atom is -0.481 e. The highest BCUT2D eigenvalue weighted by Gasteiger charge is 2.17. The summed E-state index contributed by atoms with van der Waals surface area (Å²) in [5, 5.41) is 26.1. The zero-order chi connectivity index (χ0) is 26.8. The summed E-state index contributed by atoms with van der Waals surface area (Å²) in [5.41, 5.74) is 5.21. The molecule has 13 nitrogen and oxygen atoms in total. The second kappa shape index (κ2) is 13.1. The van der Waals surface area contributed by atoms with Gasteiger partial charge in [0.1, 0.15) is 0 Å². The van der Waals surface area contributed by atoms with Crippen molar-refractivity contribution in [2.75, 3.05) is 41.9 Å². The molecule has 37 heavy (non-hydrogen) atoms. The van der Waals surface area contributed by atoms with Gasteiger partial charge in [0, 0.05) is 42.9 Å². The van der Waals surface area contributed by atoms with Crippen LogP contribution in [0.2, 0.25) is 5.02 Å². The van der Waals surface area contributed by atoms with Crippen LogP contribution in [0.1, 0.15) is 18.1 Å². The van der Waals surface area contributed by atoms with Gasteiger partial charge in [0.15, 0.2) is 0 Å². The quantitative estimate of drug-likeness (QED) is 0.231. The van der Waals surface area contributed by atoms with Gasteiger partial charge in [0.05, 0.1) is 24.4 Å². The van der Waals surface area contributed by atoms with Gasteiger partial charge in [-0.25, -0.2) is 5.43 Å². The largest absolute Gasteiger partial charge is 0.481 e. The summed E-state index contributed by atoms with van der Waals surface area (Å²) in [6, 6.07) is 11.6. The van der Waals surface area contributed by atoms with Gasteiger partial charge in [-0.1, -0.05) is 17.7 Å². The van der Waals surface area contributed by atoms with Crippen LogP contribution in [0, 0.1) is 17.0 Å². The van der Waals surface area contributed by atoms with Crippen LogP contribution in [-0.4, -0.2) is 63.5 Å². The summed E-state index contributed by atoms with van der Waals surface area (Å²) >= 11 is 6.23. The first-order chi connectivity index (χ1) is 17.7. The van der Waals surface area contributed by atoms with Crippen molar-refractivity contribution in [1.82, 2.24) is 15.0 Å². The van der Waals surface area contributed by atoms with E-state index in [-0.39, 0.29) is 11.6 Å². The number of nitro groups is 1. The number of morpholine rings is 1. The second-order valence-electron chi connectivity index (χ2n) is 7.71. The SMILES string of the molecule is CC(=O)O.Cc1ccc(Nc2nc(N/N=C/c3ccc([N+](=O)[O-])cc3)nc(N3CCOCC3)n2)cc1Cl. The first kappa shape index (κ1) is 27.2. The smallest absolute Gasteiger partial charge is 0.300 e. The molecular weight excluding hydrogens is 504 g/mol. The molecule has 3 aromatic rings. The van der Waals surface area contributed by atoms with Crippen molar-refractivity contribution in [3.05, 3.63) is 68.7 Å². The van der Waals surface area contributed by atoms with Gasteiger partial charge in [-0.05, 0) is 42.3 Å². The molecular formula is C23H25ClN8O5. The van der Waals surface area contributed by atoms with Crippen molar-refractivity contribution in [2.24, 2.45) is 5.10 Å². The molecule has 2 aromatic carbocycles. The topological polar surface area (TPSA) is 168 Å². The number of carboxylic acid groups (broad SMARTS) is 1. The molecule has 194 valence electrons. The number of hydrazone groups is 1. The Hall–Kier alpha value is -4.36. The van der Waals surface area contributed by atoms with Crippen LogP contribution < -0.4 is 15.6 Å². The van der Waals surface area contributed by atoms with Crippen molar-refractivity contribution in [3.8, 4) is 0 Å². The Labute approximate surface area is 217 Å². The van der Waals surface area contributed by atoms with Crippen LogP contribution in [-0.2, 0) is 9.53 Å². The van der Waals surface area contributed by atoms with Crippen LogP contribution in [0.5, 0.6) is 0 Å². The van der Waals surface area contributed by atoms with E-state index in [1.807, 2.05) is 24.0 Å². The van der Waals surface area contributed by atoms with E-state index in [9.17, 15) is 10.1 Å². The van der Waals surface area contributed by atoms with Crippen molar-refractivity contribution in [2.45, 2.75) is 13.8 Å². The monoisotopic (exact) mass is 528 g/mol. The molecule has 1 saturated heterocycles. The fourth-order valence-corrected chi connectivity index (χ4v) is 3.20. The number of ether oxygens (including phenoxy) is 1. The number of nitro benzene ring substituents is 1. The van der Waals surface area contributed by atoms with Crippen LogP contribution >= 0.6 is 11.6 Å². The lowest BCUT2D eigenvalue weighted by Crippen LogP contribution is -2.37. The van der Waals surface area contributed by atoms with E-state index in [0.29, 0.717) is 48.8 Å². The van der Waals surface area contributed by atoms with Gasteiger partial charge in [-0.15, -0.1) is 0 Å². The number of aliphatic carboxylic acids is 1. The number of carboxylic acids is 1. The third-order valence-corrected chi connectivity index (χ3v) is 5.23. The van der Waals surface area contributed by atoms with Crippen LogP contribution in [0.4, 0.5) is 29.2 Å². The number of benzene rings is 2. The highest BCUT2D eigenvalue weighted by atomic mass is 35.5. The molecule has 0 aliphatic carbocycles. The maximum Gasteiger partial charge on any atom is 0.300 e. The number of rotatable bonds is 7. The lowest BCUT2D eigenvalue weighted by Gasteiger charge is -2.27. The predicted octanol–water partition coefficient (Wildman–Crippen LogP) is 3.86. The lowest BCUT2D eigenvalue weighted by molar-refractivity contribution is -0.384. The normalized spacial score (nSPS) is 13.0. The van der Waals surface area contributed by atoms with E-state index in [1.54, 1.807) is 18.2 Å². The Morgan fingerprint density at radius 3 is 2.43 bits per heavy atom. The maximum atomic E-state index is 10.8. The Morgan fingerprint density at radius 2 is 1.81 bits per heavy atom. The Balaban J connectivity index is 0.000000886. The Kier molecular flexibility index (Phi) is 9.63. The molecule has 0 unspecified atom stereocenters. The standard InChI is InChI=1S/C21H21ClN8O3.C2H4O2/c1-14-2-5-16(12-18(14)22)24-19-25-20(27-21(26-19)29-8-10-33-11-9-29)28-23-13-15-3-6-17(7-4-15)30(31)32;1-2(3)4/h2-7,12-13H,8-11H2,1H3,(H2,24,25,26,27,28);1H3,(H,3,4)/b23-13+;. The van der Waals surface area contributed by atoms with E-state index in [1.165, 1.54) is 18.3 Å². The zero-order valence-electron chi connectivity index (χ0n) is 20.1. The van der Waals surface area contributed by atoms with Crippen LogP contribution in [0.15, 0.2) is 47.6 Å². The average molecular weight is 529 g/mol. The number of nitrogens with one attached hydrogen (secondary N) is 2. The third-order valence-electron chi connectivity index (χ3n) is 4.83. The van der Waals surface area contributed by atoms with Gasteiger partial charge in [-0.2, -0.15) is 20.1 Å². The summed E-state index contributed by atoms with van der Waals surface area (Å²) < 4.78 is 5.41. The highest BCUT2D eigenvalue weighted by Crippen LogP contribution is 2.23. The van der Waals surface area contributed by atoms with Crippen LogP contribution in [0.3, 0.4) is 0 Å². The molecule has 0 radical (unpaired) electrons. The molecule has 0 atom stereocenters. The number of nitrogens with zero attached hydrogens (tertiary/aromatic N) is 6. The minimum absolute atomic E-state index is 0.0136. The van der Waals surface area contributed by atoms with Crippen molar-refractivity contribution >= 4 is 53.0 Å². The summed E-state index contributed by atoms with van der Waals surface area (Å²) in [5.74, 6) is 0.229. The fraction of sp³-hybridized carbons (Fsp3) is 0.261. The molecule has 0 amide bonds. The number of anilines is 4. The first-order valence-electron chi connectivity index (χ1n) is 11.1. The third kappa shape index (κ3) is 8.66. The summed E-state index contributed by atoms with van der Waals surface area (Å²) in [6.07, 6.45) is 1.52. The van der Waals surface area contributed by atoms with Crippen molar-refractivity contribution in [1.29, 1.82) is 0 Å². The molecule has 2 heterocycles. The molecule has 1 aliphatic heterocycles. The van der Waals surface area contributed by atoms with Gasteiger partial charge >= 0.3 is 0 Å². The molecule has 0 saturated carbocycles. The molecule has 1 fully saturated rings. The molecule has 3 N–H and O–H groups in total. The number of aryl methyl sites for hydroxylation is 1. The molecule has 0 bridgehead atoms. The number of aromatic nitrogens is 3. The number of hydrogen-bond donors (Lipinski definition) is 3. The first-order valence-corrected chi connectivity index (χ1v) is 11.4. The van der Waals surface area contributed by atoms with Crippen molar-refractivity contribution < 1.29 is 19.6 Å². The fourth-order valence-electron chi connectivity index (χ4n) is 3.02. The number of halogens is 1. The predicted molar refractivity (Wildman–Crippen MR) is 140 cm³/mol. The number of hydrogen-bond acceptors (Lipinski definition) is 11. The summed E-state index contributed by atoms with van der Waals surface area (Å²) in [7, 11) is 0. The average Bonchev–Trinajstić information content (AvgIpc) is 2.87. The molecule has 14 heteroatoms. The maximum absolute atomic E-state index is 10.8. The van der Waals surface area contributed by atoms with E-state index in [4.69, 9.17) is 26.2 Å². The van der Waals surface area contributed by atoms with E-state index in [2.05, 4.69) is 30.8 Å². The molecule has 1 aromatic heterocycles. The van der Waals surface area contributed by atoms with Crippen LogP contribution in [0.25, 0.3) is 0 Å². The van der Waals surface area contributed by atoms with Gasteiger partial charge in [-0.3, -0.25) is 14.9 Å². The van der Waals surface area contributed by atoms with E-state index < -0.39 is 10.9 Å². The summed E-state index contributed by atoms with van der Waals surface area (Å²) in [6.45, 7) is 5.50. The second-order valence-corrected chi connectivity index (χ2v) is 8.12. The van der Waals surface area contributed by atoms with Gasteiger partial charge in [0.25, 0.3) is 11.7 Å². The van der Waals surface area contributed by atoms with E-state index >= 15 is 0 Å². The number of non-ortho nitro benzene ring substituents is 1. The lowest BCUT2D eigenvalue weighted by atomic mass is 10.2. The summed E-state index contributed by atoms with van der Waals surface area (Å²) in [4.78, 5) is 34.7. The van der Waals surface area contributed by atoms with Gasteiger partial charge in [0.2, 0.25) is 17.8 Å². The molecule has 1 aliphatic rings. The molecule has 4 rings (SSSR count). The van der Waals surface area contributed by atoms with Crippen molar-refractivity contribution in [3.63, 3.8) is 0 Å².